The van der Waals surface area contributed by atoms with E-state index in [1.54, 1.807) is 0 Å². The number of ether oxygens (including phenoxy) is 1. The summed E-state index contributed by atoms with van der Waals surface area (Å²) in [5, 5.41) is 12.3. The molecule has 0 aliphatic carbocycles. The van der Waals surface area contributed by atoms with Gasteiger partial charge < -0.3 is 9.84 Å². The van der Waals surface area contributed by atoms with Crippen molar-refractivity contribution < 1.29 is 9.84 Å². The van der Waals surface area contributed by atoms with Crippen LogP contribution in [0.4, 0.5) is 0 Å². The van der Waals surface area contributed by atoms with E-state index in [0.29, 0.717) is 13.2 Å². The highest BCUT2D eigenvalue weighted by Crippen LogP contribution is 2.18. The van der Waals surface area contributed by atoms with E-state index >= 15 is 0 Å². The second kappa shape index (κ2) is 4.18. The summed E-state index contributed by atoms with van der Waals surface area (Å²) in [4.78, 5) is 2.66. The maximum atomic E-state index is 8.80. The van der Waals surface area contributed by atoms with Crippen LogP contribution >= 0.6 is 0 Å². The molecule has 0 spiro atoms. The number of rotatable bonds is 3. The van der Waals surface area contributed by atoms with Crippen molar-refractivity contribution in [2.75, 3.05) is 19.8 Å². The molecule has 0 bridgehead atoms. The Bertz CT molecular complexity index is 161. The predicted molar refractivity (Wildman–Crippen MR) is 38.9 cm³/mol. The Hall–Kier alpha value is -0.770. The van der Waals surface area contributed by atoms with Gasteiger partial charge in [-0.3, -0.25) is 0 Å². The Morgan fingerprint density at radius 3 is 3.09 bits per heavy atom. The van der Waals surface area contributed by atoms with Crippen LogP contribution in [0.1, 0.15) is 6.42 Å². The van der Waals surface area contributed by atoms with Crippen molar-refractivity contribution in [3.05, 3.63) is 10.4 Å². The minimum absolute atomic E-state index is 0.0852. The first kappa shape index (κ1) is 8.33. The van der Waals surface area contributed by atoms with Crippen LogP contribution in [0.5, 0.6) is 0 Å². The van der Waals surface area contributed by atoms with Crippen LogP contribution in [0.15, 0.2) is 5.11 Å². The third-order valence-corrected chi connectivity index (χ3v) is 1.90. The van der Waals surface area contributed by atoms with E-state index in [1.165, 1.54) is 0 Å². The van der Waals surface area contributed by atoms with Crippen molar-refractivity contribution in [2.24, 2.45) is 11.0 Å². The molecule has 1 fully saturated rings. The molecular formula is C6H11N3O2. The van der Waals surface area contributed by atoms with Crippen LogP contribution in [-0.4, -0.2) is 31.0 Å². The number of azide groups is 1. The Balaban J connectivity index is 2.45. The fourth-order valence-corrected chi connectivity index (χ4v) is 1.20. The molecule has 1 N–H and O–H groups in total. The SMILES string of the molecule is [N-]=[N+]=NC(CO)C1CCOC1. The molecule has 0 radical (unpaired) electrons. The molecule has 0 aromatic rings. The molecule has 0 saturated carbocycles. The molecule has 5 heteroatoms. The van der Waals surface area contributed by atoms with Gasteiger partial charge in [-0.05, 0) is 17.9 Å². The lowest BCUT2D eigenvalue weighted by Crippen LogP contribution is -2.22. The van der Waals surface area contributed by atoms with Gasteiger partial charge in [0.15, 0.2) is 0 Å². The van der Waals surface area contributed by atoms with Crippen LogP contribution in [-0.2, 0) is 4.74 Å². The van der Waals surface area contributed by atoms with Gasteiger partial charge in [0, 0.05) is 18.1 Å². The minimum atomic E-state index is -0.303. The first-order valence-electron chi connectivity index (χ1n) is 3.61. The van der Waals surface area contributed by atoms with E-state index in [0.717, 1.165) is 6.42 Å². The number of nitrogens with zero attached hydrogens (tertiary/aromatic N) is 3. The molecule has 0 aromatic carbocycles. The standard InChI is InChI=1S/C6H11N3O2/c7-9-8-6(3-10)5-1-2-11-4-5/h5-6,10H,1-4H2. The van der Waals surface area contributed by atoms with E-state index in [2.05, 4.69) is 10.0 Å². The summed E-state index contributed by atoms with van der Waals surface area (Å²) in [6, 6.07) is -0.303. The third kappa shape index (κ3) is 2.08. The second-order valence-corrected chi connectivity index (χ2v) is 2.58. The predicted octanol–water partition coefficient (Wildman–Crippen LogP) is 0.694. The molecule has 2 atom stereocenters. The zero-order valence-electron chi connectivity index (χ0n) is 6.18. The molecule has 1 heterocycles. The van der Waals surface area contributed by atoms with Crippen LogP contribution < -0.4 is 0 Å². The molecule has 11 heavy (non-hydrogen) atoms. The van der Waals surface area contributed by atoms with Crippen LogP contribution in [0.2, 0.25) is 0 Å². The van der Waals surface area contributed by atoms with Gasteiger partial charge >= 0.3 is 0 Å². The van der Waals surface area contributed by atoms with Gasteiger partial charge in [-0.15, -0.1) is 0 Å². The molecule has 5 nitrogen and oxygen atoms in total. The quantitative estimate of drug-likeness (QED) is 0.371. The van der Waals surface area contributed by atoms with Crippen molar-refractivity contribution >= 4 is 0 Å². The molecule has 1 saturated heterocycles. The molecular weight excluding hydrogens is 146 g/mol. The Morgan fingerprint density at radius 1 is 1.82 bits per heavy atom. The van der Waals surface area contributed by atoms with Crippen molar-refractivity contribution in [1.29, 1.82) is 0 Å². The van der Waals surface area contributed by atoms with Gasteiger partial charge in [0.2, 0.25) is 0 Å². The lowest BCUT2D eigenvalue weighted by molar-refractivity contribution is 0.166. The summed E-state index contributed by atoms with van der Waals surface area (Å²) in [5.41, 5.74) is 8.13. The normalized spacial score (nSPS) is 26.1. The van der Waals surface area contributed by atoms with Gasteiger partial charge in [-0.1, -0.05) is 5.11 Å². The molecule has 62 valence electrons. The van der Waals surface area contributed by atoms with Crippen molar-refractivity contribution in [3.8, 4) is 0 Å². The molecule has 1 rings (SSSR count). The van der Waals surface area contributed by atoms with Crippen molar-refractivity contribution in [1.82, 2.24) is 0 Å². The van der Waals surface area contributed by atoms with E-state index in [9.17, 15) is 0 Å². The molecule has 0 aromatic heterocycles. The maximum absolute atomic E-state index is 8.80. The summed E-state index contributed by atoms with van der Waals surface area (Å²) >= 11 is 0. The van der Waals surface area contributed by atoms with E-state index in [1.807, 2.05) is 0 Å². The number of aliphatic hydroxyl groups is 1. The summed E-state index contributed by atoms with van der Waals surface area (Å²) in [7, 11) is 0. The van der Waals surface area contributed by atoms with Crippen molar-refractivity contribution in [2.45, 2.75) is 12.5 Å². The summed E-state index contributed by atoms with van der Waals surface area (Å²) in [6.45, 7) is 1.23. The zero-order valence-corrected chi connectivity index (χ0v) is 6.18. The van der Waals surface area contributed by atoms with E-state index < -0.39 is 0 Å². The second-order valence-electron chi connectivity index (χ2n) is 2.58. The maximum Gasteiger partial charge on any atom is 0.0656 e. The van der Waals surface area contributed by atoms with Crippen LogP contribution in [0.25, 0.3) is 10.4 Å². The Morgan fingerprint density at radius 2 is 2.64 bits per heavy atom. The number of aliphatic hydroxyl groups excluding tert-OH is 1. The lowest BCUT2D eigenvalue weighted by Gasteiger charge is -2.12. The average molecular weight is 157 g/mol. The minimum Gasteiger partial charge on any atom is -0.396 e. The Kier molecular flexibility index (Phi) is 3.16. The van der Waals surface area contributed by atoms with Crippen LogP contribution in [0, 0.1) is 5.92 Å². The van der Waals surface area contributed by atoms with Gasteiger partial charge in [0.05, 0.1) is 12.6 Å². The van der Waals surface area contributed by atoms with Gasteiger partial charge in [-0.2, -0.15) is 0 Å². The van der Waals surface area contributed by atoms with E-state index in [4.69, 9.17) is 15.4 Å². The van der Waals surface area contributed by atoms with Gasteiger partial charge in [0.25, 0.3) is 0 Å². The lowest BCUT2D eigenvalue weighted by atomic mass is 10.0. The van der Waals surface area contributed by atoms with Crippen LogP contribution in [0.3, 0.4) is 0 Å². The molecule has 1 aliphatic rings. The zero-order chi connectivity index (χ0) is 8.10. The number of hydrogen-bond donors (Lipinski definition) is 1. The average Bonchev–Trinajstić information content (AvgIpc) is 2.52. The van der Waals surface area contributed by atoms with Crippen molar-refractivity contribution in [3.63, 3.8) is 0 Å². The third-order valence-electron chi connectivity index (χ3n) is 1.90. The molecule has 0 amide bonds. The van der Waals surface area contributed by atoms with E-state index in [-0.39, 0.29) is 18.6 Å². The first-order valence-corrected chi connectivity index (χ1v) is 3.61. The highest BCUT2D eigenvalue weighted by molar-refractivity contribution is 4.78. The summed E-state index contributed by atoms with van der Waals surface area (Å²) in [5.74, 6) is 0.205. The fraction of sp³-hybridized carbons (Fsp3) is 1.00. The largest absolute Gasteiger partial charge is 0.396 e. The Labute approximate surface area is 64.6 Å². The van der Waals surface area contributed by atoms with Gasteiger partial charge in [-0.25, -0.2) is 0 Å². The molecule has 2 unspecified atom stereocenters. The number of hydrogen-bond acceptors (Lipinski definition) is 3. The smallest absolute Gasteiger partial charge is 0.0656 e. The summed E-state index contributed by atoms with van der Waals surface area (Å²) < 4.78 is 5.09. The highest BCUT2D eigenvalue weighted by atomic mass is 16.5. The monoisotopic (exact) mass is 157 g/mol. The summed E-state index contributed by atoms with van der Waals surface area (Å²) in [6.07, 6.45) is 0.879. The highest BCUT2D eigenvalue weighted by Gasteiger charge is 2.23. The first-order chi connectivity index (χ1) is 5.38. The van der Waals surface area contributed by atoms with Gasteiger partial charge in [0.1, 0.15) is 0 Å². The fourth-order valence-electron chi connectivity index (χ4n) is 1.20. The topological polar surface area (TPSA) is 78.2 Å². The molecule has 1 aliphatic heterocycles.